The minimum atomic E-state index is 0.460. The Morgan fingerprint density at radius 2 is 2.38 bits per heavy atom. The van der Waals surface area contributed by atoms with Crippen molar-refractivity contribution >= 4 is 11.8 Å². The van der Waals surface area contributed by atoms with Gasteiger partial charge in [-0.3, -0.25) is 4.98 Å². The van der Waals surface area contributed by atoms with E-state index in [0.29, 0.717) is 11.8 Å². The predicted octanol–water partition coefficient (Wildman–Crippen LogP) is 2.13. The van der Waals surface area contributed by atoms with E-state index in [0.717, 1.165) is 22.7 Å². The van der Waals surface area contributed by atoms with Crippen LogP contribution in [-0.2, 0) is 12.3 Å². The molecule has 0 amide bonds. The van der Waals surface area contributed by atoms with Crippen molar-refractivity contribution in [1.29, 1.82) is 0 Å². The zero-order chi connectivity index (χ0) is 11.4. The molecule has 0 atom stereocenters. The summed E-state index contributed by atoms with van der Waals surface area (Å²) in [5.74, 6) is 0.778. The Bertz CT molecular complexity index is 470. The van der Waals surface area contributed by atoms with Gasteiger partial charge in [0.15, 0.2) is 0 Å². The number of pyridine rings is 1. The van der Waals surface area contributed by atoms with Crippen LogP contribution in [0, 0.1) is 6.92 Å². The van der Waals surface area contributed by atoms with Crippen LogP contribution in [0.1, 0.15) is 17.0 Å². The van der Waals surface area contributed by atoms with Gasteiger partial charge in [-0.05, 0) is 18.6 Å². The molecule has 0 saturated carbocycles. The maximum atomic E-state index is 5.61. The van der Waals surface area contributed by atoms with Crippen LogP contribution in [0.2, 0.25) is 0 Å². The molecule has 0 saturated heterocycles. The van der Waals surface area contributed by atoms with Gasteiger partial charge in [0, 0.05) is 18.5 Å². The van der Waals surface area contributed by atoms with Gasteiger partial charge in [0.05, 0.1) is 11.4 Å². The molecule has 2 rings (SSSR count). The summed E-state index contributed by atoms with van der Waals surface area (Å²) < 4.78 is 5.26. The van der Waals surface area contributed by atoms with Crippen LogP contribution in [0.25, 0.3) is 0 Å². The molecule has 16 heavy (non-hydrogen) atoms. The molecule has 0 radical (unpaired) electrons. The van der Waals surface area contributed by atoms with Gasteiger partial charge in [-0.15, -0.1) is 0 Å². The first-order chi connectivity index (χ1) is 7.79. The molecular weight excluding hydrogens is 222 g/mol. The average Bonchev–Trinajstić information content (AvgIpc) is 2.73. The summed E-state index contributed by atoms with van der Waals surface area (Å²) >= 11 is 1.55. The second kappa shape index (κ2) is 5.14. The van der Waals surface area contributed by atoms with Gasteiger partial charge in [-0.2, -0.15) is 0 Å². The number of thioether (sulfide) groups is 1. The summed E-state index contributed by atoms with van der Waals surface area (Å²) in [5.41, 5.74) is 8.57. The van der Waals surface area contributed by atoms with Crippen molar-refractivity contribution in [2.24, 2.45) is 5.73 Å². The molecular formula is C11H13N3OS. The third-order valence-electron chi connectivity index (χ3n) is 2.13. The largest absolute Gasteiger partial charge is 0.440 e. The molecule has 0 fully saturated rings. The summed E-state index contributed by atoms with van der Waals surface area (Å²) in [5, 5.41) is 0.685. The normalized spacial score (nSPS) is 10.6. The Balaban J connectivity index is 2.04. The second-order valence-electron chi connectivity index (χ2n) is 3.36. The maximum Gasteiger partial charge on any atom is 0.256 e. The Morgan fingerprint density at radius 3 is 3.06 bits per heavy atom. The fourth-order valence-corrected chi connectivity index (χ4v) is 2.19. The van der Waals surface area contributed by atoms with E-state index in [2.05, 4.69) is 9.97 Å². The lowest BCUT2D eigenvalue weighted by molar-refractivity contribution is 0.454. The van der Waals surface area contributed by atoms with E-state index >= 15 is 0 Å². The Morgan fingerprint density at radius 1 is 1.50 bits per heavy atom. The highest BCUT2D eigenvalue weighted by Gasteiger charge is 2.05. The molecule has 2 heterocycles. The molecule has 2 N–H and O–H groups in total. The standard InChI is InChI=1S/C11H13N3OS/c1-8-6-15-11(14-8)16-7-9-3-2-4-13-10(9)5-12/h2-4,6H,5,7,12H2,1H3. The van der Waals surface area contributed by atoms with Gasteiger partial charge in [-0.25, -0.2) is 4.98 Å². The number of nitrogens with two attached hydrogens (primary N) is 1. The van der Waals surface area contributed by atoms with E-state index in [4.69, 9.17) is 10.2 Å². The molecule has 0 bridgehead atoms. The van der Waals surface area contributed by atoms with E-state index in [1.165, 1.54) is 0 Å². The van der Waals surface area contributed by atoms with E-state index in [1.807, 2.05) is 19.1 Å². The van der Waals surface area contributed by atoms with Crippen LogP contribution >= 0.6 is 11.8 Å². The highest BCUT2D eigenvalue weighted by Crippen LogP contribution is 2.22. The van der Waals surface area contributed by atoms with E-state index in [-0.39, 0.29) is 0 Å². The molecule has 0 aliphatic heterocycles. The highest BCUT2D eigenvalue weighted by atomic mass is 32.2. The maximum absolute atomic E-state index is 5.61. The van der Waals surface area contributed by atoms with E-state index in [1.54, 1.807) is 24.2 Å². The Hall–Kier alpha value is -1.33. The Kier molecular flexibility index (Phi) is 3.58. The van der Waals surface area contributed by atoms with Gasteiger partial charge < -0.3 is 10.2 Å². The van der Waals surface area contributed by atoms with Crippen LogP contribution < -0.4 is 5.73 Å². The van der Waals surface area contributed by atoms with E-state index in [9.17, 15) is 0 Å². The lowest BCUT2D eigenvalue weighted by atomic mass is 10.2. The van der Waals surface area contributed by atoms with E-state index < -0.39 is 0 Å². The molecule has 2 aromatic rings. The number of hydrogen-bond donors (Lipinski definition) is 1. The third-order valence-corrected chi connectivity index (χ3v) is 3.02. The van der Waals surface area contributed by atoms with Crippen LogP contribution in [-0.4, -0.2) is 9.97 Å². The van der Waals surface area contributed by atoms with Gasteiger partial charge >= 0.3 is 0 Å². The number of aryl methyl sites for hydroxylation is 1. The van der Waals surface area contributed by atoms with Crippen molar-refractivity contribution in [2.45, 2.75) is 24.4 Å². The first-order valence-corrected chi connectivity index (χ1v) is 5.96. The second-order valence-corrected chi connectivity index (χ2v) is 4.28. The first-order valence-electron chi connectivity index (χ1n) is 4.97. The lowest BCUT2D eigenvalue weighted by Gasteiger charge is -2.03. The fraction of sp³-hybridized carbons (Fsp3) is 0.273. The SMILES string of the molecule is Cc1coc(SCc2cccnc2CN)n1. The molecule has 0 spiro atoms. The lowest BCUT2D eigenvalue weighted by Crippen LogP contribution is -2.03. The molecule has 4 nitrogen and oxygen atoms in total. The van der Waals surface area contributed by atoms with Crippen molar-refractivity contribution in [1.82, 2.24) is 9.97 Å². The minimum absolute atomic E-state index is 0.460. The number of rotatable bonds is 4. The topological polar surface area (TPSA) is 64.9 Å². The fourth-order valence-electron chi connectivity index (χ4n) is 1.32. The molecule has 0 aliphatic carbocycles. The highest BCUT2D eigenvalue weighted by molar-refractivity contribution is 7.98. The van der Waals surface area contributed by atoms with Crippen molar-refractivity contribution in [3.8, 4) is 0 Å². The molecule has 2 aromatic heterocycles. The quantitative estimate of drug-likeness (QED) is 0.822. The minimum Gasteiger partial charge on any atom is -0.440 e. The molecule has 0 aromatic carbocycles. The summed E-state index contributed by atoms with van der Waals surface area (Å²) in [4.78, 5) is 8.45. The molecule has 0 unspecified atom stereocenters. The monoisotopic (exact) mass is 235 g/mol. The van der Waals surface area contributed by atoms with Gasteiger partial charge in [0.1, 0.15) is 6.26 Å². The molecule has 0 aliphatic rings. The summed E-state index contributed by atoms with van der Waals surface area (Å²) in [7, 11) is 0. The van der Waals surface area contributed by atoms with Crippen molar-refractivity contribution in [2.75, 3.05) is 0 Å². The van der Waals surface area contributed by atoms with Gasteiger partial charge in [-0.1, -0.05) is 17.8 Å². The number of oxazole rings is 1. The first kappa shape index (κ1) is 11.2. The van der Waals surface area contributed by atoms with Crippen molar-refractivity contribution in [3.05, 3.63) is 41.5 Å². The molecule has 5 heteroatoms. The van der Waals surface area contributed by atoms with Gasteiger partial charge in [0.2, 0.25) is 0 Å². The average molecular weight is 235 g/mol. The van der Waals surface area contributed by atoms with Crippen molar-refractivity contribution < 1.29 is 4.42 Å². The smallest absolute Gasteiger partial charge is 0.256 e. The van der Waals surface area contributed by atoms with Crippen LogP contribution in [0.3, 0.4) is 0 Å². The van der Waals surface area contributed by atoms with Crippen LogP contribution in [0.4, 0.5) is 0 Å². The number of nitrogens with zero attached hydrogens (tertiary/aromatic N) is 2. The van der Waals surface area contributed by atoms with Gasteiger partial charge in [0.25, 0.3) is 5.22 Å². The molecule has 84 valence electrons. The van der Waals surface area contributed by atoms with Crippen LogP contribution in [0.15, 0.2) is 34.2 Å². The summed E-state index contributed by atoms with van der Waals surface area (Å²) in [6.07, 6.45) is 3.40. The third kappa shape index (κ3) is 2.62. The van der Waals surface area contributed by atoms with Crippen molar-refractivity contribution in [3.63, 3.8) is 0 Å². The summed E-state index contributed by atoms with van der Waals surface area (Å²) in [6, 6.07) is 3.94. The number of hydrogen-bond acceptors (Lipinski definition) is 5. The summed E-state index contributed by atoms with van der Waals surface area (Å²) in [6.45, 7) is 2.37. The van der Waals surface area contributed by atoms with Crippen LogP contribution in [0.5, 0.6) is 0 Å². The zero-order valence-electron chi connectivity index (χ0n) is 9.01. The predicted molar refractivity (Wildman–Crippen MR) is 62.9 cm³/mol. The zero-order valence-corrected chi connectivity index (χ0v) is 9.83. The Labute approximate surface area is 98.3 Å². The number of aromatic nitrogens is 2.